The van der Waals surface area contributed by atoms with E-state index in [1.807, 2.05) is 0 Å². The van der Waals surface area contributed by atoms with Crippen LogP contribution in [0.2, 0.25) is 0 Å². The molecule has 0 saturated heterocycles. The van der Waals surface area contributed by atoms with Crippen LogP contribution in [0.5, 0.6) is 0 Å². The molecule has 0 saturated carbocycles. The van der Waals surface area contributed by atoms with E-state index in [1.54, 1.807) is 6.33 Å². The topological polar surface area (TPSA) is 42.7 Å². The van der Waals surface area contributed by atoms with E-state index in [9.17, 15) is 0 Å². The van der Waals surface area contributed by atoms with E-state index in [1.165, 1.54) is 12.8 Å². The summed E-state index contributed by atoms with van der Waals surface area (Å²) in [6, 6.07) is 0.528. The van der Waals surface area contributed by atoms with Crippen molar-refractivity contribution in [3.05, 3.63) is 12.2 Å². The molecule has 1 atom stereocenters. The van der Waals surface area contributed by atoms with Gasteiger partial charge in [-0.25, -0.2) is 9.67 Å². The molecule has 4 heteroatoms. The Hall–Kier alpha value is -0.900. The van der Waals surface area contributed by atoms with E-state index in [0.29, 0.717) is 12.0 Å². The highest BCUT2D eigenvalue weighted by molar-refractivity contribution is 4.94. The first-order valence-corrected chi connectivity index (χ1v) is 7.96. The highest BCUT2D eigenvalue weighted by Crippen LogP contribution is 2.27. The maximum absolute atomic E-state index is 4.49. The molecule has 1 aromatic heterocycles. The summed E-state index contributed by atoms with van der Waals surface area (Å²) in [5, 5.41) is 7.97. The van der Waals surface area contributed by atoms with Gasteiger partial charge in [0.25, 0.3) is 0 Å². The van der Waals surface area contributed by atoms with Crippen LogP contribution in [0.25, 0.3) is 0 Å². The monoisotopic (exact) mass is 280 g/mol. The predicted octanol–water partition coefficient (Wildman–Crippen LogP) is 3.28. The third kappa shape index (κ3) is 5.61. The van der Waals surface area contributed by atoms with Crippen LogP contribution in [0.3, 0.4) is 0 Å². The Morgan fingerprint density at radius 2 is 2.00 bits per heavy atom. The van der Waals surface area contributed by atoms with Gasteiger partial charge in [-0.2, -0.15) is 5.10 Å². The van der Waals surface area contributed by atoms with Crippen LogP contribution in [0.4, 0.5) is 0 Å². The largest absolute Gasteiger partial charge is 0.314 e. The Labute approximate surface area is 124 Å². The fraction of sp³-hybridized carbons (Fsp3) is 0.875. The second-order valence-electron chi connectivity index (χ2n) is 7.03. The third-order valence-electron chi connectivity index (χ3n) is 3.61. The molecule has 0 radical (unpaired) electrons. The normalized spacial score (nSPS) is 15.0. The van der Waals surface area contributed by atoms with Crippen molar-refractivity contribution in [2.45, 2.75) is 73.4 Å². The molecule has 0 aliphatic heterocycles. The number of hydrogen-bond acceptors (Lipinski definition) is 3. The lowest BCUT2D eigenvalue weighted by Gasteiger charge is -2.30. The van der Waals surface area contributed by atoms with E-state index >= 15 is 0 Å². The zero-order chi connectivity index (χ0) is 15.2. The molecule has 0 bridgehead atoms. The Kier molecular flexibility index (Phi) is 6.66. The number of aromatic nitrogens is 3. The Morgan fingerprint density at radius 3 is 2.55 bits per heavy atom. The summed E-state index contributed by atoms with van der Waals surface area (Å²) in [6.45, 7) is 15.4. The van der Waals surface area contributed by atoms with Crippen molar-refractivity contribution in [1.82, 2.24) is 20.1 Å². The number of nitrogens with one attached hydrogen (secondary N) is 1. The molecule has 1 unspecified atom stereocenters. The van der Waals surface area contributed by atoms with Gasteiger partial charge in [-0.3, -0.25) is 0 Å². The van der Waals surface area contributed by atoms with Gasteiger partial charge < -0.3 is 5.32 Å². The van der Waals surface area contributed by atoms with Crippen LogP contribution in [0, 0.1) is 11.3 Å². The molecule has 1 heterocycles. The van der Waals surface area contributed by atoms with E-state index in [-0.39, 0.29) is 5.41 Å². The number of rotatable bonds is 9. The second kappa shape index (κ2) is 7.77. The molecule has 0 spiro atoms. The molecule has 1 N–H and O–H groups in total. The molecular formula is C16H32N4. The van der Waals surface area contributed by atoms with Gasteiger partial charge in [-0.1, -0.05) is 48.0 Å². The highest BCUT2D eigenvalue weighted by atomic mass is 15.3. The zero-order valence-corrected chi connectivity index (χ0v) is 14.1. The van der Waals surface area contributed by atoms with Crippen LogP contribution in [0.1, 0.15) is 60.2 Å². The van der Waals surface area contributed by atoms with E-state index in [4.69, 9.17) is 0 Å². The summed E-state index contributed by atoms with van der Waals surface area (Å²) in [5.41, 5.74) is 0.251. The fourth-order valence-corrected chi connectivity index (χ4v) is 2.60. The molecule has 0 aliphatic rings. The summed E-state index contributed by atoms with van der Waals surface area (Å²) in [4.78, 5) is 4.49. The molecule has 116 valence electrons. The van der Waals surface area contributed by atoms with Crippen molar-refractivity contribution in [3.8, 4) is 0 Å². The van der Waals surface area contributed by atoms with Gasteiger partial charge in [0.2, 0.25) is 0 Å². The number of nitrogens with zero attached hydrogens (tertiary/aromatic N) is 3. The average Bonchev–Trinajstić information content (AvgIpc) is 2.73. The van der Waals surface area contributed by atoms with Gasteiger partial charge in [0, 0.05) is 25.6 Å². The van der Waals surface area contributed by atoms with Crippen molar-refractivity contribution < 1.29 is 0 Å². The van der Waals surface area contributed by atoms with Gasteiger partial charge in [-0.15, -0.1) is 0 Å². The predicted molar refractivity (Wildman–Crippen MR) is 84.7 cm³/mol. The first-order chi connectivity index (χ1) is 9.36. The van der Waals surface area contributed by atoms with Crippen LogP contribution in [0.15, 0.2) is 6.33 Å². The van der Waals surface area contributed by atoms with Crippen molar-refractivity contribution in [2.24, 2.45) is 11.3 Å². The summed E-state index contributed by atoms with van der Waals surface area (Å²) in [7, 11) is 0. The molecule has 4 nitrogen and oxygen atoms in total. The van der Waals surface area contributed by atoms with Crippen molar-refractivity contribution in [3.63, 3.8) is 0 Å². The van der Waals surface area contributed by atoms with Gasteiger partial charge in [0.15, 0.2) is 0 Å². The van der Waals surface area contributed by atoms with Gasteiger partial charge in [-0.05, 0) is 17.8 Å². The Bertz CT molecular complexity index is 384. The van der Waals surface area contributed by atoms with Gasteiger partial charge in [0.1, 0.15) is 12.2 Å². The smallest absolute Gasteiger partial charge is 0.138 e. The molecule has 1 rings (SSSR count). The van der Waals surface area contributed by atoms with Crippen LogP contribution >= 0.6 is 0 Å². The van der Waals surface area contributed by atoms with E-state index in [2.05, 4.69) is 61.6 Å². The standard InChI is InChI=1S/C16H32N4/c1-7-8-16(6,11-17-14(4)5)9-15-18-12-19-20(15)10-13(2)3/h12-14,17H,7-11H2,1-6H3. The van der Waals surface area contributed by atoms with Crippen molar-refractivity contribution in [2.75, 3.05) is 6.54 Å². The first kappa shape index (κ1) is 17.2. The molecular weight excluding hydrogens is 248 g/mol. The van der Waals surface area contributed by atoms with Gasteiger partial charge >= 0.3 is 0 Å². The summed E-state index contributed by atoms with van der Waals surface area (Å²) in [5.74, 6) is 1.72. The summed E-state index contributed by atoms with van der Waals surface area (Å²) in [6.07, 6.45) is 5.10. The molecule has 0 aromatic carbocycles. The molecule has 0 fully saturated rings. The van der Waals surface area contributed by atoms with Crippen molar-refractivity contribution >= 4 is 0 Å². The van der Waals surface area contributed by atoms with Gasteiger partial charge in [0.05, 0.1) is 0 Å². The molecule has 0 amide bonds. The lowest BCUT2D eigenvalue weighted by atomic mass is 9.81. The average molecular weight is 280 g/mol. The lowest BCUT2D eigenvalue weighted by molar-refractivity contribution is 0.256. The SMILES string of the molecule is CCCC(C)(CNC(C)C)Cc1ncnn1CC(C)C. The quantitative estimate of drug-likeness (QED) is 0.755. The maximum Gasteiger partial charge on any atom is 0.138 e. The second-order valence-corrected chi connectivity index (χ2v) is 7.03. The first-order valence-electron chi connectivity index (χ1n) is 7.96. The molecule has 0 aliphatic carbocycles. The van der Waals surface area contributed by atoms with E-state index < -0.39 is 0 Å². The molecule has 20 heavy (non-hydrogen) atoms. The lowest BCUT2D eigenvalue weighted by Crippen LogP contribution is -2.37. The highest BCUT2D eigenvalue weighted by Gasteiger charge is 2.26. The van der Waals surface area contributed by atoms with Crippen LogP contribution in [-0.2, 0) is 13.0 Å². The minimum Gasteiger partial charge on any atom is -0.314 e. The minimum absolute atomic E-state index is 0.251. The summed E-state index contributed by atoms with van der Waals surface area (Å²) >= 11 is 0. The van der Waals surface area contributed by atoms with Crippen LogP contribution < -0.4 is 5.32 Å². The number of hydrogen-bond donors (Lipinski definition) is 1. The molecule has 1 aromatic rings. The zero-order valence-electron chi connectivity index (χ0n) is 14.1. The van der Waals surface area contributed by atoms with Crippen LogP contribution in [-0.4, -0.2) is 27.4 Å². The van der Waals surface area contributed by atoms with E-state index in [0.717, 1.165) is 25.3 Å². The summed E-state index contributed by atoms with van der Waals surface area (Å²) < 4.78 is 2.08. The fourth-order valence-electron chi connectivity index (χ4n) is 2.60. The third-order valence-corrected chi connectivity index (χ3v) is 3.61. The van der Waals surface area contributed by atoms with Crippen molar-refractivity contribution in [1.29, 1.82) is 0 Å². The maximum atomic E-state index is 4.49. The Balaban J connectivity index is 2.76. The Morgan fingerprint density at radius 1 is 1.30 bits per heavy atom. The minimum atomic E-state index is 0.251.